The van der Waals surface area contributed by atoms with Crippen LogP contribution in [0.15, 0.2) is 30.3 Å². The highest BCUT2D eigenvalue weighted by Crippen LogP contribution is 2.41. The molecule has 26 heavy (non-hydrogen) atoms. The Labute approximate surface area is 160 Å². The first-order valence-corrected chi connectivity index (χ1v) is 12.6. The van der Waals surface area contributed by atoms with Gasteiger partial charge in [0.2, 0.25) is 0 Å². The van der Waals surface area contributed by atoms with Gasteiger partial charge in [-0.2, -0.15) is 0 Å². The number of hydrogen-bond acceptors (Lipinski definition) is 4. The molecule has 0 amide bonds. The van der Waals surface area contributed by atoms with Crippen molar-refractivity contribution in [2.45, 2.75) is 83.1 Å². The highest BCUT2D eigenvalue weighted by atomic mass is 28.4. The van der Waals surface area contributed by atoms with E-state index >= 15 is 0 Å². The molecule has 1 aromatic rings. The summed E-state index contributed by atoms with van der Waals surface area (Å²) in [6, 6.07) is 10.2. The summed E-state index contributed by atoms with van der Waals surface area (Å²) in [6.45, 7) is 14.6. The van der Waals surface area contributed by atoms with Crippen LogP contribution in [-0.4, -0.2) is 44.4 Å². The second kappa shape index (κ2) is 8.53. The van der Waals surface area contributed by atoms with E-state index in [1.54, 1.807) is 0 Å². The first-order valence-electron chi connectivity index (χ1n) is 9.65. The minimum absolute atomic E-state index is 0.0618. The maximum atomic E-state index is 9.39. The molecule has 3 atom stereocenters. The quantitative estimate of drug-likeness (QED) is 0.479. The van der Waals surface area contributed by atoms with Crippen LogP contribution in [0.25, 0.3) is 0 Å². The second-order valence-corrected chi connectivity index (χ2v) is 13.9. The number of hydrogen-bond donors (Lipinski definition) is 1. The van der Waals surface area contributed by atoms with Gasteiger partial charge in [0, 0.05) is 0 Å². The minimum atomic E-state index is -1.86. The van der Waals surface area contributed by atoms with Crippen molar-refractivity contribution in [3.63, 3.8) is 0 Å². The van der Waals surface area contributed by atoms with E-state index in [1.165, 1.54) is 5.56 Å². The van der Waals surface area contributed by atoms with E-state index < -0.39 is 8.32 Å². The topological polar surface area (TPSA) is 51.2 Å². The van der Waals surface area contributed by atoms with Gasteiger partial charge in [-0.15, -0.1) is 0 Å². The molecule has 0 bridgehead atoms. The summed E-state index contributed by atoms with van der Waals surface area (Å²) in [6.07, 6.45) is 1.98. The fourth-order valence-corrected chi connectivity index (χ4v) is 4.16. The summed E-state index contributed by atoms with van der Waals surface area (Å²) >= 11 is 0. The summed E-state index contributed by atoms with van der Waals surface area (Å²) in [5, 5.41) is 9.55. The molecule has 1 aliphatic rings. The van der Waals surface area contributed by atoms with Gasteiger partial charge in [0.15, 0.2) is 8.32 Å². The van der Waals surface area contributed by atoms with Crippen LogP contribution in [0.4, 0.5) is 0 Å². The smallest absolute Gasteiger partial charge is 0.192 e. The number of aliphatic hydroxyl groups excluding tert-OH is 1. The van der Waals surface area contributed by atoms with Crippen molar-refractivity contribution in [3.05, 3.63) is 35.9 Å². The Kier molecular flexibility index (Phi) is 7.08. The fraction of sp³-hybridized carbons (Fsp3) is 0.714. The first kappa shape index (κ1) is 21.6. The molecule has 148 valence electrons. The highest BCUT2D eigenvalue weighted by Gasteiger charge is 2.51. The van der Waals surface area contributed by atoms with Crippen LogP contribution >= 0.6 is 0 Å². The zero-order valence-corrected chi connectivity index (χ0v) is 18.2. The van der Waals surface area contributed by atoms with Crippen LogP contribution in [0, 0.1) is 0 Å². The Morgan fingerprint density at radius 2 is 1.88 bits per heavy atom. The molecule has 1 saturated heterocycles. The van der Waals surface area contributed by atoms with E-state index in [1.807, 2.05) is 25.1 Å². The Morgan fingerprint density at radius 3 is 2.42 bits per heavy atom. The predicted octanol–water partition coefficient (Wildman–Crippen LogP) is 4.52. The third-order valence-corrected chi connectivity index (χ3v) is 10.3. The molecule has 1 heterocycles. The van der Waals surface area contributed by atoms with Gasteiger partial charge in [-0.25, -0.2) is 0 Å². The number of epoxide rings is 1. The lowest BCUT2D eigenvalue weighted by molar-refractivity contribution is 0.0288. The maximum Gasteiger partial charge on any atom is 0.192 e. The third-order valence-electron chi connectivity index (χ3n) is 5.78. The van der Waals surface area contributed by atoms with Gasteiger partial charge >= 0.3 is 0 Å². The van der Waals surface area contributed by atoms with Crippen molar-refractivity contribution in [1.29, 1.82) is 0 Å². The zero-order valence-electron chi connectivity index (χ0n) is 17.2. The second-order valence-electron chi connectivity index (χ2n) is 9.16. The fourth-order valence-electron chi connectivity index (χ4n) is 2.78. The average molecular weight is 381 g/mol. The third kappa shape index (κ3) is 5.89. The van der Waals surface area contributed by atoms with Crippen LogP contribution in [0.5, 0.6) is 0 Å². The summed E-state index contributed by atoms with van der Waals surface area (Å²) in [5.74, 6) is 0. The van der Waals surface area contributed by atoms with Gasteiger partial charge in [-0.05, 0) is 43.5 Å². The number of ether oxygens (including phenoxy) is 2. The summed E-state index contributed by atoms with van der Waals surface area (Å²) < 4.78 is 18.2. The van der Waals surface area contributed by atoms with Crippen molar-refractivity contribution in [1.82, 2.24) is 0 Å². The Balaban J connectivity index is 1.90. The molecule has 0 unspecified atom stereocenters. The molecule has 1 aliphatic heterocycles. The molecule has 0 radical (unpaired) electrons. The first-order chi connectivity index (χ1) is 12.1. The molecule has 0 aliphatic carbocycles. The molecular formula is C21H36O4Si. The van der Waals surface area contributed by atoms with E-state index in [-0.39, 0.29) is 29.5 Å². The monoisotopic (exact) mass is 380 g/mol. The Hall–Kier alpha value is -0.723. The van der Waals surface area contributed by atoms with Crippen LogP contribution in [0.3, 0.4) is 0 Å². The average Bonchev–Trinajstić information content (AvgIpc) is 3.23. The van der Waals surface area contributed by atoms with Gasteiger partial charge in [-0.3, -0.25) is 0 Å². The molecule has 4 nitrogen and oxygen atoms in total. The SMILES string of the molecule is CC(C)(C)[Si](C)(C)O[C@H](CC[C@H]1O[C@]1(C)CO)COCc1ccccc1. The predicted molar refractivity (Wildman–Crippen MR) is 108 cm³/mol. The van der Waals surface area contributed by atoms with Gasteiger partial charge in [0.05, 0.1) is 32.0 Å². The van der Waals surface area contributed by atoms with Crippen molar-refractivity contribution < 1.29 is 19.0 Å². The molecule has 5 heteroatoms. The van der Waals surface area contributed by atoms with Gasteiger partial charge in [-0.1, -0.05) is 51.1 Å². The maximum absolute atomic E-state index is 9.39. The van der Waals surface area contributed by atoms with E-state index in [0.717, 1.165) is 12.8 Å². The molecule has 1 fully saturated rings. The van der Waals surface area contributed by atoms with E-state index in [0.29, 0.717) is 13.2 Å². The molecule has 1 N–H and O–H groups in total. The van der Waals surface area contributed by atoms with Crippen molar-refractivity contribution in [2.75, 3.05) is 13.2 Å². The van der Waals surface area contributed by atoms with Crippen LogP contribution in [-0.2, 0) is 20.5 Å². The molecule has 0 spiro atoms. The van der Waals surface area contributed by atoms with Gasteiger partial charge < -0.3 is 19.0 Å². The van der Waals surface area contributed by atoms with Gasteiger partial charge in [0.1, 0.15) is 5.60 Å². The molecule has 0 aromatic heterocycles. The largest absolute Gasteiger partial charge is 0.412 e. The Bertz CT molecular complexity index is 555. The number of rotatable bonds is 10. The van der Waals surface area contributed by atoms with Crippen molar-refractivity contribution >= 4 is 8.32 Å². The zero-order chi connectivity index (χ0) is 19.4. The molecular weight excluding hydrogens is 344 g/mol. The van der Waals surface area contributed by atoms with Crippen molar-refractivity contribution in [2.24, 2.45) is 0 Å². The molecule has 1 aromatic carbocycles. The summed E-state index contributed by atoms with van der Waals surface area (Å²) in [4.78, 5) is 0. The lowest BCUT2D eigenvalue weighted by Crippen LogP contribution is -2.45. The van der Waals surface area contributed by atoms with Gasteiger partial charge in [0.25, 0.3) is 0 Å². The van der Waals surface area contributed by atoms with Crippen LogP contribution < -0.4 is 0 Å². The lowest BCUT2D eigenvalue weighted by Gasteiger charge is -2.39. The van der Waals surface area contributed by atoms with Crippen LogP contribution in [0.1, 0.15) is 46.1 Å². The van der Waals surface area contributed by atoms with E-state index in [2.05, 4.69) is 46.0 Å². The molecule has 2 rings (SSSR count). The number of benzene rings is 1. The van der Waals surface area contributed by atoms with Crippen LogP contribution in [0.2, 0.25) is 18.1 Å². The highest BCUT2D eigenvalue weighted by molar-refractivity contribution is 6.74. The number of aliphatic hydroxyl groups is 1. The standard InChI is InChI=1S/C21H36O4Si/c1-20(2,3)26(5,6)25-18(12-13-19-21(4,16-22)24-19)15-23-14-17-10-8-7-9-11-17/h7-11,18-19,22H,12-16H2,1-6H3/t18-,19-,21-/m1/s1. The van der Waals surface area contributed by atoms with E-state index in [4.69, 9.17) is 13.9 Å². The summed E-state index contributed by atoms with van der Waals surface area (Å²) in [5.41, 5.74) is 0.823. The van der Waals surface area contributed by atoms with Crippen molar-refractivity contribution in [3.8, 4) is 0 Å². The lowest BCUT2D eigenvalue weighted by atomic mass is 10.0. The Morgan fingerprint density at radius 1 is 1.23 bits per heavy atom. The summed E-state index contributed by atoms with van der Waals surface area (Å²) in [7, 11) is -1.86. The minimum Gasteiger partial charge on any atom is -0.412 e. The molecule has 0 saturated carbocycles. The van der Waals surface area contributed by atoms with E-state index in [9.17, 15) is 5.11 Å². The normalized spacial score (nSPS) is 24.5.